The number of Topliss-reactive ketones (excluding diaryl/α,β-unsaturated/α-hetero) is 1. The summed E-state index contributed by atoms with van der Waals surface area (Å²) in [7, 11) is 2.38. The van der Waals surface area contributed by atoms with Crippen molar-refractivity contribution < 1.29 is 9.59 Å². The van der Waals surface area contributed by atoms with Crippen molar-refractivity contribution in [1.82, 2.24) is 15.7 Å². The van der Waals surface area contributed by atoms with E-state index < -0.39 is 0 Å². The van der Waals surface area contributed by atoms with E-state index in [0.717, 1.165) is 0 Å². The molecule has 0 saturated carbocycles. The molecule has 0 aliphatic carbocycles. The highest BCUT2D eigenvalue weighted by Crippen LogP contribution is 1.91. The van der Waals surface area contributed by atoms with Crippen LogP contribution in [0.4, 0.5) is 0 Å². The van der Waals surface area contributed by atoms with Gasteiger partial charge in [0, 0.05) is 32.0 Å². The molecule has 2 unspecified atom stereocenters. The van der Waals surface area contributed by atoms with Crippen molar-refractivity contribution in [3.63, 3.8) is 0 Å². The molecule has 3 N–H and O–H groups in total. The summed E-state index contributed by atoms with van der Waals surface area (Å²) in [6.45, 7) is 6.76. The van der Waals surface area contributed by atoms with E-state index in [2.05, 4.69) is 25.1 Å². The van der Waals surface area contributed by atoms with Gasteiger partial charge in [-0.05, 0) is 0 Å². The second kappa shape index (κ2) is 9.51. The van der Waals surface area contributed by atoms with Gasteiger partial charge in [0.25, 0.3) is 0 Å². The summed E-state index contributed by atoms with van der Waals surface area (Å²) in [6, 6.07) is -0.0365. The lowest BCUT2D eigenvalue weighted by Crippen LogP contribution is -2.51. The zero-order valence-electron chi connectivity index (χ0n) is 10.9. The average Bonchev–Trinajstić information content (AvgIpc) is 2.27. The number of hydrogen-bond donors (Lipinski definition) is 3. The van der Waals surface area contributed by atoms with Crippen LogP contribution in [-0.2, 0) is 9.59 Å². The first-order chi connectivity index (χ1) is 8.01. The maximum Gasteiger partial charge on any atom is 0.238 e. The van der Waals surface area contributed by atoms with E-state index in [1.54, 1.807) is 0 Å². The van der Waals surface area contributed by atoms with Crippen molar-refractivity contribution in [2.45, 2.75) is 45.7 Å². The van der Waals surface area contributed by atoms with Gasteiger partial charge in [0.1, 0.15) is 5.78 Å². The fraction of sp³-hybridized carbons (Fsp3) is 0.818. The molecule has 0 spiro atoms. The third-order valence-corrected chi connectivity index (χ3v) is 2.51. The molecule has 0 aromatic carbocycles. The lowest BCUT2D eigenvalue weighted by Gasteiger charge is -2.20. The van der Waals surface area contributed by atoms with Crippen LogP contribution in [0.2, 0.25) is 0 Å². The Morgan fingerprint density at radius 2 is 1.94 bits per heavy atom. The molecule has 0 aliphatic rings. The van der Waals surface area contributed by atoms with E-state index in [9.17, 15) is 9.59 Å². The Labute approximate surface area is 106 Å². The molecule has 0 aliphatic heterocycles. The number of hydrogen-bond acceptors (Lipinski definition) is 4. The van der Waals surface area contributed by atoms with Gasteiger partial charge in [0.05, 0.1) is 6.04 Å². The Kier molecular flexibility index (Phi) is 9.23. The summed E-state index contributed by atoms with van der Waals surface area (Å²) in [5.74, 6) is 0.0976. The quantitative estimate of drug-likeness (QED) is 0.519. The molecule has 0 rings (SSSR count). The summed E-state index contributed by atoms with van der Waals surface area (Å²) in [5.41, 5.74) is 0. The first-order valence-electron chi connectivity index (χ1n) is 6.00. The lowest BCUT2D eigenvalue weighted by atomic mass is 10.2. The smallest absolute Gasteiger partial charge is 0.238 e. The highest BCUT2D eigenvalue weighted by molar-refractivity contribution is 7.13. The molecular formula is C11H24N3O2P. The summed E-state index contributed by atoms with van der Waals surface area (Å²) in [4.78, 5) is 22.9. The van der Waals surface area contributed by atoms with Crippen LogP contribution in [-0.4, -0.2) is 36.9 Å². The molecule has 0 heterocycles. The van der Waals surface area contributed by atoms with Crippen molar-refractivity contribution in [2.24, 2.45) is 0 Å². The Morgan fingerprint density at radius 1 is 1.29 bits per heavy atom. The van der Waals surface area contributed by atoms with Gasteiger partial charge in [-0.3, -0.25) is 14.7 Å². The maximum atomic E-state index is 11.8. The number of carbonyl (C=O) groups excluding carboxylic acids is 2. The number of rotatable bonds is 9. The third-order valence-electron chi connectivity index (χ3n) is 2.27. The van der Waals surface area contributed by atoms with Gasteiger partial charge in [0.15, 0.2) is 0 Å². The van der Waals surface area contributed by atoms with E-state index in [1.165, 1.54) is 0 Å². The zero-order chi connectivity index (χ0) is 13.3. The fourth-order valence-electron chi connectivity index (χ4n) is 1.37. The van der Waals surface area contributed by atoms with Crippen LogP contribution in [0.1, 0.15) is 33.6 Å². The Hall–Kier alpha value is -0.510. The SMILES string of the molecule is CCC(=O)CCNC(=O)C(CNP)NC(C)C. The van der Waals surface area contributed by atoms with Gasteiger partial charge in [-0.25, -0.2) is 0 Å². The summed E-state index contributed by atoms with van der Waals surface area (Å²) in [6.07, 6.45) is 0.932. The molecular weight excluding hydrogens is 237 g/mol. The van der Waals surface area contributed by atoms with Gasteiger partial charge in [-0.1, -0.05) is 30.2 Å². The van der Waals surface area contributed by atoms with Crippen molar-refractivity contribution >= 4 is 21.1 Å². The zero-order valence-corrected chi connectivity index (χ0v) is 12.0. The monoisotopic (exact) mass is 261 g/mol. The molecule has 0 aromatic rings. The molecule has 6 heteroatoms. The lowest BCUT2D eigenvalue weighted by molar-refractivity contribution is -0.123. The molecule has 5 nitrogen and oxygen atoms in total. The molecule has 0 bridgehead atoms. The predicted molar refractivity (Wildman–Crippen MR) is 72.7 cm³/mol. The van der Waals surface area contributed by atoms with Gasteiger partial charge in [-0.2, -0.15) is 0 Å². The van der Waals surface area contributed by atoms with Crippen LogP contribution in [0.25, 0.3) is 0 Å². The fourth-order valence-corrected chi connectivity index (χ4v) is 1.61. The normalized spacial score (nSPS) is 12.5. The molecule has 100 valence electrons. The molecule has 1 amide bonds. The molecule has 0 radical (unpaired) electrons. The number of ketones is 1. The molecule has 17 heavy (non-hydrogen) atoms. The predicted octanol–water partition coefficient (Wildman–Crippen LogP) is 0.218. The van der Waals surface area contributed by atoms with E-state index in [4.69, 9.17) is 0 Å². The van der Waals surface area contributed by atoms with Crippen LogP contribution in [0.3, 0.4) is 0 Å². The highest BCUT2D eigenvalue weighted by Gasteiger charge is 2.17. The molecule has 2 atom stereocenters. The van der Waals surface area contributed by atoms with E-state index in [-0.39, 0.29) is 23.8 Å². The van der Waals surface area contributed by atoms with Crippen molar-refractivity contribution in [2.75, 3.05) is 13.1 Å². The van der Waals surface area contributed by atoms with E-state index in [1.807, 2.05) is 20.8 Å². The van der Waals surface area contributed by atoms with E-state index >= 15 is 0 Å². The topological polar surface area (TPSA) is 70.2 Å². The molecule has 0 aromatic heterocycles. The average molecular weight is 261 g/mol. The van der Waals surface area contributed by atoms with Crippen molar-refractivity contribution in [1.29, 1.82) is 0 Å². The summed E-state index contributed by atoms with van der Waals surface area (Å²) >= 11 is 0. The summed E-state index contributed by atoms with van der Waals surface area (Å²) < 4.78 is 0. The van der Waals surface area contributed by atoms with Crippen LogP contribution >= 0.6 is 9.39 Å². The number of carbonyl (C=O) groups is 2. The Bertz CT molecular complexity index is 247. The minimum Gasteiger partial charge on any atom is -0.354 e. The number of nitrogens with one attached hydrogen (secondary N) is 3. The number of amides is 1. The van der Waals surface area contributed by atoms with Gasteiger partial charge in [-0.15, -0.1) is 0 Å². The van der Waals surface area contributed by atoms with Crippen LogP contribution in [0.5, 0.6) is 0 Å². The second-order valence-corrected chi connectivity index (χ2v) is 4.62. The third kappa shape index (κ3) is 8.25. The van der Waals surface area contributed by atoms with Gasteiger partial charge < -0.3 is 10.6 Å². The molecule has 0 saturated heterocycles. The van der Waals surface area contributed by atoms with Crippen LogP contribution < -0.4 is 15.7 Å². The van der Waals surface area contributed by atoms with Gasteiger partial charge in [0.2, 0.25) is 5.91 Å². The van der Waals surface area contributed by atoms with E-state index in [0.29, 0.717) is 25.9 Å². The maximum absolute atomic E-state index is 11.8. The van der Waals surface area contributed by atoms with Gasteiger partial charge >= 0.3 is 0 Å². The Morgan fingerprint density at radius 3 is 2.41 bits per heavy atom. The standard InChI is InChI=1S/C11H24N3O2P/c1-4-9(15)5-6-12-11(16)10(7-13-17)14-8(2)3/h8,10,13-14H,4-7,17H2,1-3H3,(H,12,16). The largest absolute Gasteiger partial charge is 0.354 e. The minimum absolute atomic E-state index is 0.0717. The second-order valence-electron chi connectivity index (χ2n) is 4.22. The minimum atomic E-state index is -0.274. The van der Waals surface area contributed by atoms with Crippen LogP contribution in [0.15, 0.2) is 0 Å². The highest BCUT2D eigenvalue weighted by atomic mass is 31.0. The first-order valence-corrected chi connectivity index (χ1v) is 6.57. The Balaban J connectivity index is 4.00. The van der Waals surface area contributed by atoms with Crippen LogP contribution in [0, 0.1) is 0 Å². The summed E-state index contributed by atoms with van der Waals surface area (Å²) in [5, 5.41) is 8.82. The van der Waals surface area contributed by atoms with Crippen molar-refractivity contribution in [3.8, 4) is 0 Å². The first kappa shape index (κ1) is 16.5. The molecule has 0 fully saturated rings. The van der Waals surface area contributed by atoms with Crippen molar-refractivity contribution in [3.05, 3.63) is 0 Å².